The van der Waals surface area contributed by atoms with Gasteiger partial charge in [0.15, 0.2) is 11.6 Å². The van der Waals surface area contributed by atoms with Crippen molar-refractivity contribution in [3.63, 3.8) is 0 Å². The lowest BCUT2D eigenvalue weighted by Gasteiger charge is -2.09. The van der Waals surface area contributed by atoms with Crippen LogP contribution in [0.25, 0.3) is 0 Å². The molecule has 1 N–H and O–H groups in total. The van der Waals surface area contributed by atoms with Gasteiger partial charge in [-0.3, -0.25) is 0 Å². The van der Waals surface area contributed by atoms with Gasteiger partial charge in [-0.15, -0.1) is 0 Å². The molecule has 2 aromatic carbocycles. The van der Waals surface area contributed by atoms with Gasteiger partial charge in [-0.2, -0.15) is 0 Å². The van der Waals surface area contributed by atoms with Gasteiger partial charge in [-0.05, 0) is 24.1 Å². The molecule has 0 spiro atoms. The van der Waals surface area contributed by atoms with E-state index in [-0.39, 0.29) is 5.82 Å². The fourth-order valence-corrected chi connectivity index (χ4v) is 1.79. The third-order valence-electron chi connectivity index (χ3n) is 2.86. The molecule has 0 saturated heterocycles. The molecule has 100 valence electrons. The normalized spacial score (nSPS) is 10.4. The highest BCUT2D eigenvalue weighted by molar-refractivity contribution is 5.30. The molecule has 0 amide bonds. The summed E-state index contributed by atoms with van der Waals surface area (Å²) in [7, 11) is 0. The molecule has 0 atom stereocenters. The van der Waals surface area contributed by atoms with Crippen LogP contribution in [-0.2, 0) is 6.54 Å². The van der Waals surface area contributed by atoms with Crippen molar-refractivity contribution in [2.45, 2.75) is 13.5 Å². The summed E-state index contributed by atoms with van der Waals surface area (Å²) in [6.07, 6.45) is 0. The number of hydrogen-bond acceptors (Lipinski definition) is 2. The summed E-state index contributed by atoms with van der Waals surface area (Å²) in [5.74, 6) is 0.0482. The molecule has 0 unspecified atom stereocenters. The molecule has 0 aliphatic carbocycles. The van der Waals surface area contributed by atoms with Gasteiger partial charge in [0.25, 0.3) is 0 Å². The first-order valence-electron chi connectivity index (χ1n) is 6.40. The average Bonchev–Trinajstić information content (AvgIpc) is 2.44. The second kappa shape index (κ2) is 6.90. The van der Waals surface area contributed by atoms with Crippen LogP contribution in [0.15, 0.2) is 48.5 Å². The maximum Gasteiger partial charge on any atom is 0.167 e. The van der Waals surface area contributed by atoms with Crippen molar-refractivity contribution in [3.8, 4) is 5.75 Å². The van der Waals surface area contributed by atoms with Gasteiger partial charge >= 0.3 is 0 Å². The minimum absolute atomic E-state index is 0.273. The van der Waals surface area contributed by atoms with Gasteiger partial charge in [0, 0.05) is 13.1 Å². The van der Waals surface area contributed by atoms with Crippen LogP contribution in [-0.4, -0.2) is 13.2 Å². The van der Waals surface area contributed by atoms with Gasteiger partial charge in [0.2, 0.25) is 0 Å². The van der Waals surface area contributed by atoms with E-state index in [0.717, 1.165) is 6.54 Å². The van der Waals surface area contributed by atoms with Gasteiger partial charge in [0.1, 0.15) is 6.61 Å². The third kappa shape index (κ3) is 4.07. The standard InChI is InChI=1S/C16H18FNO/c1-13-6-5-9-15(16(13)17)19-11-10-18-12-14-7-3-2-4-8-14/h2-9,18H,10-12H2,1H3. The van der Waals surface area contributed by atoms with Gasteiger partial charge in [-0.1, -0.05) is 42.5 Å². The smallest absolute Gasteiger partial charge is 0.167 e. The van der Waals surface area contributed by atoms with Crippen molar-refractivity contribution in [2.24, 2.45) is 0 Å². The Kier molecular flexibility index (Phi) is 4.93. The largest absolute Gasteiger partial charge is 0.489 e. The molecule has 2 rings (SSSR count). The van der Waals surface area contributed by atoms with Crippen LogP contribution >= 0.6 is 0 Å². The fourth-order valence-electron chi connectivity index (χ4n) is 1.79. The first-order chi connectivity index (χ1) is 9.27. The lowest BCUT2D eigenvalue weighted by atomic mass is 10.2. The Labute approximate surface area is 113 Å². The Morgan fingerprint density at radius 2 is 1.84 bits per heavy atom. The molecular formula is C16H18FNO. The van der Waals surface area contributed by atoms with E-state index in [1.807, 2.05) is 18.2 Å². The number of rotatable bonds is 6. The summed E-state index contributed by atoms with van der Waals surface area (Å²) in [4.78, 5) is 0. The van der Waals surface area contributed by atoms with E-state index in [0.29, 0.717) is 24.5 Å². The summed E-state index contributed by atoms with van der Waals surface area (Å²) in [6, 6.07) is 15.3. The van der Waals surface area contributed by atoms with Crippen LogP contribution in [0, 0.1) is 12.7 Å². The molecule has 0 radical (unpaired) electrons. The van der Waals surface area contributed by atoms with Crippen molar-refractivity contribution in [1.82, 2.24) is 5.32 Å². The van der Waals surface area contributed by atoms with E-state index in [9.17, 15) is 4.39 Å². The van der Waals surface area contributed by atoms with Crippen LogP contribution in [0.4, 0.5) is 4.39 Å². The first-order valence-corrected chi connectivity index (χ1v) is 6.40. The Bertz CT molecular complexity index is 513. The first kappa shape index (κ1) is 13.6. The van der Waals surface area contributed by atoms with Crippen LogP contribution in [0.5, 0.6) is 5.75 Å². The quantitative estimate of drug-likeness (QED) is 0.804. The highest BCUT2D eigenvalue weighted by atomic mass is 19.1. The monoisotopic (exact) mass is 259 g/mol. The number of aryl methyl sites for hydroxylation is 1. The topological polar surface area (TPSA) is 21.3 Å². The Hall–Kier alpha value is -1.87. The molecule has 19 heavy (non-hydrogen) atoms. The molecule has 0 aliphatic rings. The van der Waals surface area contributed by atoms with Crippen LogP contribution in [0.2, 0.25) is 0 Å². The molecule has 2 aromatic rings. The number of halogens is 1. The minimum atomic E-state index is -0.273. The number of hydrogen-bond donors (Lipinski definition) is 1. The SMILES string of the molecule is Cc1cccc(OCCNCc2ccccc2)c1F. The van der Waals surface area contributed by atoms with E-state index in [1.54, 1.807) is 25.1 Å². The number of nitrogens with one attached hydrogen (secondary N) is 1. The maximum atomic E-state index is 13.6. The van der Waals surface area contributed by atoms with Crippen molar-refractivity contribution in [3.05, 3.63) is 65.5 Å². The zero-order chi connectivity index (χ0) is 13.5. The maximum absolute atomic E-state index is 13.6. The lowest BCUT2D eigenvalue weighted by Crippen LogP contribution is -2.20. The zero-order valence-electron chi connectivity index (χ0n) is 11.0. The molecule has 0 aliphatic heterocycles. The fraction of sp³-hybridized carbons (Fsp3) is 0.250. The highest BCUT2D eigenvalue weighted by Crippen LogP contribution is 2.19. The molecule has 0 aromatic heterocycles. The van der Waals surface area contributed by atoms with Crippen molar-refractivity contribution >= 4 is 0 Å². The van der Waals surface area contributed by atoms with Crippen LogP contribution < -0.4 is 10.1 Å². The molecular weight excluding hydrogens is 241 g/mol. The minimum Gasteiger partial charge on any atom is -0.489 e. The summed E-state index contributed by atoms with van der Waals surface area (Å²) in [5.41, 5.74) is 1.83. The zero-order valence-corrected chi connectivity index (χ0v) is 11.0. The van der Waals surface area contributed by atoms with Crippen LogP contribution in [0.1, 0.15) is 11.1 Å². The number of ether oxygens (including phenoxy) is 1. The molecule has 0 bridgehead atoms. The highest BCUT2D eigenvalue weighted by Gasteiger charge is 2.04. The van der Waals surface area contributed by atoms with Crippen molar-refractivity contribution in [1.29, 1.82) is 0 Å². The van der Waals surface area contributed by atoms with Gasteiger partial charge < -0.3 is 10.1 Å². The van der Waals surface area contributed by atoms with Gasteiger partial charge in [-0.25, -0.2) is 4.39 Å². The molecule has 0 heterocycles. The molecule has 0 fully saturated rings. The second-order valence-corrected chi connectivity index (χ2v) is 4.40. The van der Waals surface area contributed by atoms with E-state index in [2.05, 4.69) is 17.4 Å². The Morgan fingerprint density at radius 1 is 1.05 bits per heavy atom. The van der Waals surface area contributed by atoms with E-state index in [1.165, 1.54) is 5.56 Å². The average molecular weight is 259 g/mol. The van der Waals surface area contributed by atoms with E-state index < -0.39 is 0 Å². The Morgan fingerprint density at radius 3 is 2.63 bits per heavy atom. The molecule has 2 nitrogen and oxygen atoms in total. The van der Waals surface area contributed by atoms with E-state index in [4.69, 9.17) is 4.74 Å². The van der Waals surface area contributed by atoms with Gasteiger partial charge in [0.05, 0.1) is 0 Å². The lowest BCUT2D eigenvalue weighted by molar-refractivity contribution is 0.298. The van der Waals surface area contributed by atoms with Crippen molar-refractivity contribution < 1.29 is 9.13 Å². The number of benzene rings is 2. The predicted molar refractivity (Wildman–Crippen MR) is 74.8 cm³/mol. The van der Waals surface area contributed by atoms with E-state index >= 15 is 0 Å². The summed E-state index contributed by atoms with van der Waals surface area (Å²) in [6.45, 7) is 3.66. The summed E-state index contributed by atoms with van der Waals surface area (Å²) >= 11 is 0. The second-order valence-electron chi connectivity index (χ2n) is 4.40. The Balaban J connectivity index is 1.71. The predicted octanol–water partition coefficient (Wildman–Crippen LogP) is 3.30. The third-order valence-corrected chi connectivity index (χ3v) is 2.86. The van der Waals surface area contributed by atoms with Crippen LogP contribution in [0.3, 0.4) is 0 Å². The summed E-state index contributed by atoms with van der Waals surface area (Å²) < 4.78 is 19.0. The molecule has 3 heteroatoms. The molecule has 0 saturated carbocycles. The summed E-state index contributed by atoms with van der Waals surface area (Å²) in [5, 5.41) is 3.26. The van der Waals surface area contributed by atoms with Crippen molar-refractivity contribution in [2.75, 3.05) is 13.2 Å².